The van der Waals surface area contributed by atoms with E-state index in [0.29, 0.717) is 11.8 Å². The molecule has 0 saturated heterocycles. The maximum atomic E-state index is 13.6. The van der Waals surface area contributed by atoms with Crippen molar-refractivity contribution >= 4 is 0 Å². The van der Waals surface area contributed by atoms with E-state index in [4.69, 9.17) is 4.74 Å². The van der Waals surface area contributed by atoms with Crippen molar-refractivity contribution in [2.24, 2.45) is 11.8 Å². The van der Waals surface area contributed by atoms with Gasteiger partial charge in [0.25, 0.3) is 0 Å². The first-order valence-corrected chi connectivity index (χ1v) is 7.71. The van der Waals surface area contributed by atoms with E-state index in [1.54, 1.807) is 6.07 Å². The highest BCUT2D eigenvalue weighted by Crippen LogP contribution is 2.50. The number of nitrogens with one attached hydrogen (secondary N) is 1. The molecule has 1 aliphatic heterocycles. The fourth-order valence-corrected chi connectivity index (χ4v) is 4.01. The summed E-state index contributed by atoms with van der Waals surface area (Å²) < 4.78 is 19.9. The smallest absolute Gasteiger partial charge is 0.127 e. The van der Waals surface area contributed by atoms with Crippen molar-refractivity contribution in [2.75, 3.05) is 7.05 Å². The number of rotatable bonds is 1. The average molecular weight is 277 g/mol. The van der Waals surface area contributed by atoms with Gasteiger partial charge in [-0.25, -0.2) is 4.39 Å². The summed E-state index contributed by atoms with van der Waals surface area (Å²) in [5.74, 6) is 1.68. The van der Waals surface area contributed by atoms with E-state index in [0.717, 1.165) is 24.2 Å². The Bertz CT molecular complexity index is 504. The molecule has 4 unspecified atom stereocenters. The second kappa shape index (κ2) is 5.03. The first kappa shape index (κ1) is 13.9. The molecule has 1 aromatic rings. The number of fused-ring (bicyclic) bond motifs is 1. The molecule has 1 heterocycles. The molecule has 1 aliphatic carbocycles. The van der Waals surface area contributed by atoms with Crippen LogP contribution in [0.15, 0.2) is 18.2 Å². The number of hydrogen-bond acceptors (Lipinski definition) is 2. The molecule has 1 saturated carbocycles. The highest BCUT2D eigenvalue weighted by Gasteiger charge is 2.48. The van der Waals surface area contributed by atoms with Gasteiger partial charge in [-0.3, -0.25) is 0 Å². The van der Waals surface area contributed by atoms with Crippen LogP contribution in [0.4, 0.5) is 4.39 Å². The zero-order valence-corrected chi connectivity index (χ0v) is 12.6. The van der Waals surface area contributed by atoms with Crippen molar-refractivity contribution in [3.63, 3.8) is 0 Å². The summed E-state index contributed by atoms with van der Waals surface area (Å²) in [7, 11) is 1.98. The van der Waals surface area contributed by atoms with Crippen molar-refractivity contribution in [3.05, 3.63) is 29.6 Å². The van der Waals surface area contributed by atoms with Crippen molar-refractivity contribution in [3.8, 4) is 5.75 Å². The van der Waals surface area contributed by atoms with Gasteiger partial charge in [0.05, 0.1) is 0 Å². The number of hydrogen-bond donors (Lipinski definition) is 1. The molecular formula is C17H24FNO. The van der Waals surface area contributed by atoms with Gasteiger partial charge in [0.15, 0.2) is 0 Å². The Hall–Kier alpha value is -1.09. The summed E-state index contributed by atoms with van der Waals surface area (Å²) in [5, 5.41) is 3.38. The zero-order valence-electron chi connectivity index (χ0n) is 12.6. The number of benzene rings is 1. The molecule has 0 aromatic heterocycles. The van der Waals surface area contributed by atoms with Crippen LogP contribution in [0.1, 0.15) is 51.1 Å². The Morgan fingerprint density at radius 2 is 2.15 bits per heavy atom. The van der Waals surface area contributed by atoms with E-state index in [9.17, 15) is 4.39 Å². The minimum absolute atomic E-state index is 0.133. The fourth-order valence-electron chi connectivity index (χ4n) is 4.01. The quantitative estimate of drug-likeness (QED) is 0.835. The monoisotopic (exact) mass is 277 g/mol. The predicted octanol–water partition coefficient (Wildman–Crippen LogP) is 4.06. The lowest BCUT2D eigenvalue weighted by molar-refractivity contribution is -0.0642. The van der Waals surface area contributed by atoms with E-state index in [-0.39, 0.29) is 17.5 Å². The van der Waals surface area contributed by atoms with Gasteiger partial charge < -0.3 is 10.1 Å². The Labute approximate surface area is 120 Å². The largest absolute Gasteiger partial charge is 0.486 e. The minimum Gasteiger partial charge on any atom is -0.486 e. The molecule has 1 fully saturated rings. The third kappa shape index (κ3) is 2.12. The van der Waals surface area contributed by atoms with Crippen LogP contribution in [0.5, 0.6) is 5.75 Å². The average Bonchev–Trinajstić information content (AvgIpc) is 2.43. The summed E-state index contributed by atoms with van der Waals surface area (Å²) >= 11 is 0. The molecule has 0 radical (unpaired) electrons. The SMILES string of the molecule is CNC1CC2(CCCC(C)C2C)Oc2cc(F)ccc21. The Morgan fingerprint density at radius 1 is 1.35 bits per heavy atom. The van der Waals surface area contributed by atoms with Crippen LogP contribution in [0, 0.1) is 17.7 Å². The molecule has 2 aliphatic rings. The third-order valence-electron chi connectivity index (χ3n) is 5.51. The van der Waals surface area contributed by atoms with Gasteiger partial charge in [-0.1, -0.05) is 26.3 Å². The highest BCUT2D eigenvalue weighted by atomic mass is 19.1. The molecule has 0 amide bonds. The predicted molar refractivity (Wildman–Crippen MR) is 78.4 cm³/mol. The van der Waals surface area contributed by atoms with Crippen LogP contribution in [0.25, 0.3) is 0 Å². The lowest BCUT2D eigenvalue weighted by Gasteiger charge is -2.50. The maximum absolute atomic E-state index is 13.6. The number of halogens is 1. The lowest BCUT2D eigenvalue weighted by Crippen LogP contribution is -2.52. The van der Waals surface area contributed by atoms with Crippen molar-refractivity contribution in [1.29, 1.82) is 0 Å². The van der Waals surface area contributed by atoms with Gasteiger partial charge in [0, 0.05) is 24.1 Å². The minimum atomic E-state index is -0.216. The Kier molecular flexibility index (Phi) is 3.49. The molecular weight excluding hydrogens is 253 g/mol. The van der Waals surface area contributed by atoms with Crippen LogP contribution in [-0.4, -0.2) is 12.6 Å². The summed E-state index contributed by atoms with van der Waals surface area (Å²) in [6, 6.07) is 5.19. The molecule has 20 heavy (non-hydrogen) atoms. The molecule has 110 valence electrons. The molecule has 1 spiro atoms. The normalized spacial score (nSPS) is 36.5. The third-order valence-corrected chi connectivity index (χ3v) is 5.51. The van der Waals surface area contributed by atoms with Gasteiger partial charge in [-0.2, -0.15) is 0 Å². The molecule has 1 aromatic carbocycles. The van der Waals surface area contributed by atoms with Gasteiger partial charge in [-0.05, 0) is 37.8 Å². The molecule has 4 atom stereocenters. The summed E-state index contributed by atoms with van der Waals surface area (Å²) in [6.07, 6.45) is 4.53. The van der Waals surface area contributed by atoms with Gasteiger partial charge in [-0.15, -0.1) is 0 Å². The zero-order chi connectivity index (χ0) is 14.3. The van der Waals surface area contributed by atoms with E-state index < -0.39 is 0 Å². The molecule has 0 bridgehead atoms. The van der Waals surface area contributed by atoms with E-state index in [2.05, 4.69) is 19.2 Å². The molecule has 1 N–H and O–H groups in total. The highest BCUT2D eigenvalue weighted by molar-refractivity contribution is 5.39. The first-order valence-electron chi connectivity index (χ1n) is 7.71. The van der Waals surface area contributed by atoms with Gasteiger partial charge >= 0.3 is 0 Å². The van der Waals surface area contributed by atoms with Crippen LogP contribution < -0.4 is 10.1 Å². The van der Waals surface area contributed by atoms with E-state index in [1.165, 1.54) is 18.9 Å². The lowest BCUT2D eigenvalue weighted by atomic mass is 9.66. The van der Waals surface area contributed by atoms with Gasteiger partial charge in [0.1, 0.15) is 17.2 Å². The maximum Gasteiger partial charge on any atom is 0.127 e. The van der Waals surface area contributed by atoms with E-state index >= 15 is 0 Å². The van der Waals surface area contributed by atoms with E-state index in [1.807, 2.05) is 13.1 Å². The topological polar surface area (TPSA) is 21.3 Å². The Balaban J connectivity index is 2.01. The number of ether oxygens (including phenoxy) is 1. The van der Waals surface area contributed by atoms with Crippen LogP contribution >= 0.6 is 0 Å². The molecule has 2 nitrogen and oxygen atoms in total. The standard InChI is InChI=1S/C17H24FNO/c1-11-5-4-8-17(12(11)2)10-15(19-3)14-7-6-13(18)9-16(14)20-17/h6-7,9,11-12,15,19H,4-5,8,10H2,1-3H3. The second-order valence-corrected chi connectivity index (χ2v) is 6.55. The van der Waals surface area contributed by atoms with Gasteiger partial charge in [0.2, 0.25) is 0 Å². The molecule has 3 rings (SSSR count). The first-order chi connectivity index (χ1) is 9.55. The van der Waals surface area contributed by atoms with Crippen LogP contribution in [-0.2, 0) is 0 Å². The Morgan fingerprint density at radius 3 is 2.90 bits per heavy atom. The van der Waals surface area contributed by atoms with Crippen LogP contribution in [0.3, 0.4) is 0 Å². The van der Waals surface area contributed by atoms with Crippen molar-refractivity contribution in [2.45, 2.75) is 51.2 Å². The second-order valence-electron chi connectivity index (χ2n) is 6.55. The molecule has 3 heteroatoms. The van der Waals surface area contributed by atoms with Crippen molar-refractivity contribution < 1.29 is 9.13 Å². The van der Waals surface area contributed by atoms with Crippen molar-refractivity contribution in [1.82, 2.24) is 5.32 Å². The van der Waals surface area contributed by atoms with Crippen LogP contribution in [0.2, 0.25) is 0 Å². The summed E-state index contributed by atoms with van der Waals surface area (Å²) in [6.45, 7) is 4.60. The fraction of sp³-hybridized carbons (Fsp3) is 0.647. The summed E-state index contributed by atoms with van der Waals surface area (Å²) in [5.41, 5.74) is 0.955. The summed E-state index contributed by atoms with van der Waals surface area (Å²) in [4.78, 5) is 0.